The molecule has 0 spiro atoms. The van der Waals surface area contributed by atoms with Gasteiger partial charge in [-0.15, -0.1) is 0 Å². The summed E-state index contributed by atoms with van der Waals surface area (Å²) in [6.45, 7) is 2.70. The Morgan fingerprint density at radius 2 is 1.90 bits per heavy atom. The molecular formula is C17H20N2O2. The largest absolute Gasteiger partial charge is 0.497 e. The molecule has 4 nitrogen and oxygen atoms in total. The maximum Gasteiger partial charge on any atom is 0.258 e. The monoisotopic (exact) mass is 284 g/mol. The molecule has 0 radical (unpaired) electrons. The summed E-state index contributed by atoms with van der Waals surface area (Å²) in [6, 6.07) is 14.5. The average Bonchev–Trinajstić information content (AvgIpc) is 2.53. The van der Waals surface area contributed by atoms with Gasteiger partial charge in [0.2, 0.25) is 0 Å². The number of amides is 1. The summed E-state index contributed by atoms with van der Waals surface area (Å²) in [5.74, 6) is 0.634. The molecule has 1 amide bonds. The Labute approximate surface area is 125 Å². The van der Waals surface area contributed by atoms with Crippen LogP contribution in [-0.2, 0) is 0 Å². The number of benzene rings is 2. The van der Waals surface area contributed by atoms with Gasteiger partial charge in [-0.25, -0.2) is 0 Å². The van der Waals surface area contributed by atoms with Gasteiger partial charge < -0.3 is 15.4 Å². The van der Waals surface area contributed by atoms with E-state index in [2.05, 4.69) is 0 Å². The zero-order valence-electron chi connectivity index (χ0n) is 12.4. The van der Waals surface area contributed by atoms with Crippen LogP contribution in [0.5, 0.6) is 5.75 Å². The fourth-order valence-corrected chi connectivity index (χ4v) is 2.14. The van der Waals surface area contributed by atoms with Crippen molar-refractivity contribution in [1.29, 1.82) is 0 Å². The zero-order valence-corrected chi connectivity index (χ0v) is 12.4. The Hall–Kier alpha value is -2.49. The van der Waals surface area contributed by atoms with Crippen molar-refractivity contribution in [2.45, 2.75) is 13.3 Å². The highest BCUT2D eigenvalue weighted by molar-refractivity contribution is 6.06. The molecule has 0 saturated heterocycles. The van der Waals surface area contributed by atoms with Gasteiger partial charge in [-0.3, -0.25) is 4.79 Å². The van der Waals surface area contributed by atoms with Gasteiger partial charge >= 0.3 is 0 Å². The Morgan fingerprint density at radius 1 is 1.19 bits per heavy atom. The molecule has 4 heteroatoms. The van der Waals surface area contributed by atoms with Crippen LogP contribution in [0.2, 0.25) is 0 Å². The minimum atomic E-state index is -0.0412. The fraction of sp³-hybridized carbons (Fsp3) is 0.235. The standard InChI is InChI=1S/C17H20N2O2/c1-3-11-19(15-9-7-14(18)8-10-15)17(20)13-5-4-6-16(12-13)21-2/h4-10,12H,3,11,18H2,1-2H3. The van der Waals surface area contributed by atoms with E-state index in [1.165, 1.54) is 0 Å². The molecule has 0 aromatic heterocycles. The molecule has 2 N–H and O–H groups in total. The van der Waals surface area contributed by atoms with Gasteiger partial charge in [-0.05, 0) is 48.9 Å². The maximum atomic E-state index is 12.7. The maximum absolute atomic E-state index is 12.7. The highest BCUT2D eigenvalue weighted by atomic mass is 16.5. The number of carbonyl (C=O) groups excluding carboxylic acids is 1. The van der Waals surface area contributed by atoms with Crippen molar-refractivity contribution in [3.05, 3.63) is 54.1 Å². The first-order valence-corrected chi connectivity index (χ1v) is 6.97. The number of ether oxygens (including phenoxy) is 1. The van der Waals surface area contributed by atoms with E-state index in [1.54, 1.807) is 36.3 Å². The van der Waals surface area contributed by atoms with E-state index >= 15 is 0 Å². The summed E-state index contributed by atoms with van der Waals surface area (Å²) >= 11 is 0. The summed E-state index contributed by atoms with van der Waals surface area (Å²) in [5.41, 5.74) is 7.85. The molecule has 0 aliphatic rings. The molecule has 0 aliphatic carbocycles. The van der Waals surface area contributed by atoms with Gasteiger partial charge in [-0.1, -0.05) is 13.0 Å². The number of hydrogen-bond acceptors (Lipinski definition) is 3. The fourth-order valence-electron chi connectivity index (χ4n) is 2.14. The summed E-state index contributed by atoms with van der Waals surface area (Å²) in [6.07, 6.45) is 0.875. The van der Waals surface area contributed by atoms with E-state index in [-0.39, 0.29) is 5.91 Å². The third kappa shape index (κ3) is 3.54. The highest BCUT2D eigenvalue weighted by Gasteiger charge is 2.17. The topological polar surface area (TPSA) is 55.6 Å². The lowest BCUT2D eigenvalue weighted by molar-refractivity contribution is 0.0986. The van der Waals surface area contributed by atoms with Crippen LogP contribution in [-0.4, -0.2) is 19.6 Å². The van der Waals surface area contributed by atoms with Crippen molar-refractivity contribution in [3.8, 4) is 5.75 Å². The van der Waals surface area contributed by atoms with E-state index in [9.17, 15) is 4.79 Å². The molecule has 21 heavy (non-hydrogen) atoms. The highest BCUT2D eigenvalue weighted by Crippen LogP contribution is 2.21. The predicted octanol–water partition coefficient (Wildman–Crippen LogP) is 3.33. The number of carbonyl (C=O) groups is 1. The van der Waals surface area contributed by atoms with Crippen LogP contribution < -0.4 is 15.4 Å². The van der Waals surface area contributed by atoms with Crippen LogP contribution >= 0.6 is 0 Å². The quantitative estimate of drug-likeness (QED) is 0.857. The molecule has 0 atom stereocenters. The molecule has 0 fully saturated rings. The Balaban J connectivity index is 2.32. The number of nitrogen functional groups attached to an aromatic ring is 1. The van der Waals surface area contributed by atoms with Crippen LogP contribution in [0.4, 0.5) is 11.4 Å². The van der Waals surface area contributed by atoms with Gasteiger partial charge in [0.25, 0.3) is 5.91 Å². The Kier molecular flexibility index (Phi) is 4.82. The van der Waals surface area contributed by atoms with Crippen molar-refractivity contribution in [1.82, 2.24) is 0 Å². The van der Waals surface area contributed by atoms with Crippen molar-refractivity contribution in [2.24, 2.45) is 0 Å². The lowest BCUT2D eigenvalue weighted by Crippen LogP contribution is -2.31. The molecule has 0 saturated carbocycles. The summed E-state index contributed by atoms with van der Waals surface area (Å²) < 4.78 is 5.18. The first-order valence-electron chi connectivity index (χ1n) is 6.97. The Morgan fingerprint density at radius 3 is 2.52 bits per heavy atom. The van der Waals surface area contributed by atoms with E-state index in [0.29, 0.717) is 23.5 Å². The zero-order chi connectivity index (χ0) is 15.2. The second kappa shape index (κ2) is 6.79. The molecule has 0 heterocycles. The van der Waals surface area contributed by atoms with Crippen molar-refractivity contribution < 1.29 is 9.53 Å². The summed E-state index contributed by atoms with van der Waals surface area (Å²) in [4.78, 5) is 14.5. The first kappa shape index (κ1) is 14.9. The Bertz CT molecular complexity index is 608. The van der Waals surface area contributed by atoms with E-state index < -0.39 is 0 Å². The van der Waals surface area contributed by atoms with Gasteiger partial charge in [-0.2, -0.15) is 0 Å². The van der Waals surface area contributed by atoms with Crippen LogP contribution in [0.3, 0.4) is 0 Å². The van der Waals surface area contributed by atoms with Crippen LogP contribution in [0.25, 0.3) is 0 Å². The normalized spacial score (nSPS) is 10.2. The predicted molar refractivity (Wildman–Crippen MR) is 85.8 cm³/mol. The van der Waals surface area contributed by atoms with Gasteiger partial charge in [0.05, 0.1) is 7.11 Å². The van der Waals surface area contributed by atoms with Crippen molar-refractivity contribution >= 4 is 17.3 Å². The lowest BCUT2D eigenvalue weighted by atomic mass is 10.1. The number of nitrogens with zero attached hydrogens (tertiary/aromatic N) is 1. The molecule has 2 aromatic carbocycles. The van der Waals surface area contributed by atoms with E-state index in [4.69, 9.17) is 10.5 Å². The molecule has 0 aliphatic heterocycles. The second-order valence-corrected chi connectivity index (χ2v) is 4.78. The summed E-state index contributed by atoms with van der Waals surface area (Å²) in [7, 11) is 1.59. The number of methoxy groups -OCH3 is 1. The van der Waals surface area contributed by atoms with Crippen molar-refractivity contribution in [3.63, 3.8) is 0 Å². The minimum Gasteiger partial charge on any atom is -0.497 e. The first-order chi connectivity index (χ1) is 10.2. The number of hydrogen-bond donors (Lipinski definition) is 1. The molecule has 110 valence electrons. The van der Waals surface area contributed by atoms with Gasteiger partial charge in [0, 0.05) is 23.5 Å². The number of rotatable bonds is 5. The molecule has 2 rings (SSSR count). The van der Waals surface area contributed by atoms with Gasteiger partial charge in [0.1, 0.15) is 5.75 Å². The lowest BCUT2D eigenvalue weighted by Gasteiger charge is -2.22. The van der Waals surface area contributed by atoms with Crippen LogP contribution in [0.15, 0.2) is 48.5 Å². The van der Waals surface area contributed by atoms with E-state index in [0.717, 1.165) is 12.1 Å². The minimum absolute atomic E-state index is 0.0412. The summed E-state index contributed by atoms with van der Waals surface area (Å²) in [5, 5.41) is 0. The molecule has 0 bridgehead atoms. The second-order valence-electron chi connectivity index (χ2n) is 4.78. The SMILES string of the molecule is CCCN(C(=O)c1cccc(OC)c1)c1ccc(N)cc1. The smallest absolute Gasteiger partial charge is 0.258 e. The van der Waals surface area contributed by atoms with Crippen LogP contribution in [0, 0.1) is 0 Å². The molecule has 2 aromatic rings. The average molecular weight is 284 g/mol. The number of anilines is 2. The molecule has 0 unspecified atom stereocenters. The van der Waals surface area contributed by atoms with Gasteiger partial charge in [0.15, 0.2) is 0 Å². The molecular weight excluding hydrogens is 264 g/mol. The third-order valence-corrected chi connectivity index (χ3v) is 3.21. The van der Waals surface area contributed by atoms with Crippen LogP contribution in [0.1, 0.15) is 23.7 Å². The van der Waals surface area contributed by atoms with E-state index in [1.807, 2.05) is 31.2 Å². The number of nitrogens with two attached hydrogens (primary N) is 1. The van der Waals surface area contributed by atoms with Crippen molar-refractivity contribution in [2.75, 3.05) is 24.3 Å². The third-order valence-electron chi connectivity index (χ3n) is 3.21.